The van der Waals surface area contributed by atoms with Crippen molar-refractivity contribution in [1.82, 2.24) is 9.13 Å². The van der Waals surface area contributed by atoms with Crippen LogP contribution < -0.4 is 0 Å². The van der Waals surface area contributed by atoms with E-state index in [2.05, 4.69) is 100 Å². The lowest BCUT2D eigenvalue weighted by Gasteiger charge is -2.15. The number of para-hydroxylation sites is 2. The average molecular weight is 636 g/mol. The molecule has 0 unspecified atom stereocenters. The van der Waals surface area contributed by atoms with Crippen molar-refractivity contribution in [3.8, 4) is 51.8 Å². The van der Waals surface area contributed by atoms with Crippen molar-refractivity contribution < 1.29 is 0 Å². The smallest absolute Gasteiger partial charge is 0.0998 e. The van der Waals surface area contributed by atoms with Gasteiger partial charge >= 0.3 is 0 Å². The minimum absolute atomic E-state index is 0.563. The number of hydrogen-bond acceptors (Lipinski definition) is 3. The molecule has 0 amide bonds. The number of aromatic nitrogens is 2. The second kappa shape index (κ2) is 11.4. The Morgan fingerprint density at radius 2 is 1.04 bits per heavy atom. The Hall–Kier alpha value is -7.39. The molecule has 5 nitrogen and oxygen atoms in total. The molecule has 7 aromatic carbocycles. The summed E-state index contributed by atoms with van der Waals surface area (Å²) in [5.74, 6) is 0. The Labute approximate surface area is 287 Å². The van der Waals surface area contributed by atoms with Crippen molar-refractivity contribution in [3.05, 3.63) is 168 Å². The highest BCUT2D eigenvalue weighted by Gasteiger charge is 2.19. The van der Waals surface area contributed by atoms with Gasteiger partial charge < -0.3 is 9.13 Å². The maximum absolute atomic E-state index is 9.98. The zero-order valence-electron chi connectivity index (χ0n) is 26.7. The van der Waals surface area contributed by atoms with Crippen molar-refractivity contribution in [3.63, 3.8) is 0 Å². The number of rotatable bonds is 4. The van der Waals surface area contributed by atoms with Gasteiger partial charge in [0.25, 0.3) is 0 Å². The van der Waals surface area contributed by atoms with Crippen LogP contribution in [0.5, 0.6) is 0 Å². The summed E-state index contributed by atoms with van der Waals surface area (Å²) in [4.78, 5) is 0. The molecule has 2 heterocycles. The maximum Gasteiger partial charge on any atom is 0.0998 e. The van der Waals surface area contributed by atoms with Crippen LogP contribution in [-0.4, -0.2) is 9.13 Å². The van der Waals surface area contributed by atoms with E-state index in [1.54, 1.807) is 0 Å². The van der Waals surface area contributed by atoms with Crippen LogP contribution in [0.2, 0.25) is 0 Å². The average Bonchev–Trinajstić information content (AvgIpc) is 3.70. The third-order valence-electron chi connectivity index (χ3n) is 9.62. The number of nitriles is 3. The fraction of sp³-hybridized carbons (Fsp3) is 0. The molecule has 5 heteroatoms. The van der Waals surface area contributed by atoms with E-state index in [-0.39, 0.29) is 0 Å². The van der Waals surface area contributed by atoms with Crippen molar-refractivity contribution in [1.29, 1.82) is 15.8 Å². The molecule has 0 aliphatic heterocycles. The van der Waals surface area contributed by atoms with E-state index in [1.165, 1.54) is 0 Å². The van der Waals surface area contributed by atoms with Crippen LogP contribution in [-0.2, 0) is 0 Å². The van der Waals surface area contributed by atoms with E-state index in [0.717, 1.165) is 77.2 Å². The summed E-state index contributed by atoms with van der Waals surface area (Å²) < 4.78 is 4.43. The molecule has 50 heavy (non-hydrogen) atoms. The standard InChI is InChI=1S/C45H25N5/c46-26-29-16-22-42-39(23-29)37-10-1-3-12-40(37)49(42)35-9-5-7-33(25-35)31-17-19-32(20-18-31)36-21-15-30(27-47)24-44(36)50-41-13-4-2-11-38(41)45-34(28-48)8-6-14-43(45)50/h1-25H. The molecule has 0 saturated carbocycles. The molecule has 9 rings (SSSR count). The molecular weight excluding hydrogens is 611 g/mol. The zero-order chi connectivity index (χ0) is 33.8. The SMILES string of the molecule is N#Cc1ccc(-c2ccc(-c3cccc(-n4c5ccccc5c5cc(C#N)ccc54)c3)cc2)c(-n2c3ccccc3c3c(C#N)cccc32)c1. The topological polar surface area (TPSA) is 81.2 Å². The lowest BCUT2D eigenvalue weighted by Crippen LogP contribution is -1.98. The van der Waals surface area contributed by atoms with Gasteiger partial charge in [-0.25, -0.2) is 0 Å². The monoisotopic (exact) mass is 635 g/mol. The number of nitrogens with zero attached hydrogens (tertiary/aromatic N) is 5. The molecular formula is C45H25N5. The highest BCUT2D eigenvalue weighted by molar-refractivity contribution is 6.12. The third-order valence-corrected chi connectivity index (χ3v) is 9.62. The van der Waals surface area contributed by atoms with E-state index in [9.17, 15) is 15.8 Å². The lowest BCUT2D eigenvalue weighted by atomic mass is 9.97. The predicted octanol–water partition coefficient (Wildman–Crippen LogP) is 10.8. The Morgan fingerprint density at radius 3 is 1.82 bits per heavy atom. The van der Waals surface area contributed by atoms with Crippen LogP contribution in [0.3, 0.4) is 0 Å². The van der Waals surface area contributed by atoms with Gasteiger partial charge in [0.1, 0.15) is 0 Å². The van der Waals surface area contributed by atoms with Crippen LogP contribution in [0.1, 0.15) is 16.7 Å². The molecule has 0 saturated heterocycles. The van der Waals surface area contributed by atoms with Crippen molar-refractivity contribution >= 4 is 43.6 Å². The van der Waals surface area contributed by atoms with Gasteiger partial charge in [0.2, 0.25) is 0 Å². The molecule has 0 radical (unpaired) electrons. The summed E-state index contributed by atoms with van der Waals surface area (Å²) >= 11 is 0. The Bertz CT molecular complexity index is 2960. The van der Waals surface area contributed by atoms with Gasteiger partial charge in [-0.05, 0) is 83.4 Å². The molecule has 230 valence electrons. The van der Waals surface area contributed by atoms with Gasteiger partial charge in [0.05, 0.1) is 62.7 Å². The molecule has 0 spiro atoms. The Morgan fingerprint density at radius 1 is 0.400 bits per heavy atom. The van der Waals surface area contributed by atoms with Gasteiger partial charge in [0.15, 0.2) is 0 Å². The maximum atomic E-state index is 9.98. The van der Waals surface area contributed by atoms with Crippen LogP contribution in [0, 0.1) is 34.0 Å². The van der Waals surface area contributed by atoms with Crippen LogP contribution in [0.15, 0.2) is 152 Å². The van der Waals surface area contributed by atoms with Crippen molar-refractivity contribution in [2.24, 2.45) is 0 Å². The Kier molecular flexibility index (Phi) is 6.56. The summed E-state index contributed by atoms with van der Waals surface area (Å²) in [5.41, 5.74) is 11.9. The molecule has 0 aliphatic rings. The van der Waals surface area contributed by atoms with E-state index in [0.29, 0.717) is 16.7 Å². The van der Waals surface area contributed by atoms with Crippen molar-refractivity contribution in [2.75, 3.05) is 0 Å². The van der Waals surface area contributed by atoms with Gasteiger partial charge in [-0.1, -0.05) is 84.9 Å². The van der Waals surface area contributed by atoms with Crippen molar-refractivity contribution in [2.45, 2.75) is 0 Å². The normalized spacial score (nSPS) is 11.1. The minimum atomic E-state index is 0.563. The van der Waals surface area contributed by atoms with Gasteiger partial charge in [0, 0.05) is 32.8 Å². The number of fused-ring (bicyclic) bond motifs is 6. The largest absolute Gasteiger partial charge is 0.309 e. The van der Waals surface area contributed by atoms with E-state index < -0.39 is 0 Å². The van der Waals surface area contributed by atoms with E-state index in [1.807, 2.05) is 78.9 Å². The molecule has 0 aliphatic carbocycles. The fourth-order valence-corrected chi connectivity index (χ4v) is 7.39. The van der Waals surface area contributed by atoms with Crippen LogP contribution in [0.25, 0.3) is 77.2 Å². The van der Waals surface area contributed by atoms with Gasteiger partial charge in [-0.3, -0.25) is 0 Å². The third kappa shape index (κ3) is 4.38. The fourth-order valence-electron chi connectivity index (χ4n) is 7.39. The summed E-state index contributed by atoms with van der Waals surface area (Å²) in [6, 6.07) is 57.9. The lowest BCUT2D eigenvalue weighted by molar-refractivity contribution is 1.18. The first kappa shape index (κ1) is 28.8. The summed E-state index contributed by atoms with van der Waals surface area (Å²) in [7, 11) is 0. The number of hydrogen-bond donors (Lipinski definition) is 0. The second-order valence-corrected chi connectivity index (χ2v) is 12.3. The first-order valence-corrected chi connectivity index (χ1v) is 16.3. The molecule has 2 aromatic heterocycles. The molecule has 0 N–H and O–H groups in total. The van der Waals surface area contributed by atoms with Gasteiger partial charge in [-0.15, -0.1) is 0 Å². The summed E-state index contributed by atoms with van der Waals surface area (Å²) in [5, 5.41) is 33.5. The zero-order valence-corrected chi connectivity index (χ0v) is 26.7. The minimum Gasteiger partial charge on any atom is -0.309 e. The summed E-state index contributed by atoms with van der Waals surface area (Å²) in [6.07, 6.45) is 0. The Balaban J connectivity index is 1.17. The van der Waals surface area contributed by atoms with E-state index in [4.69, 9.17) is 0 Å². The molecule has 0 atom stereocenters. The predicted molar refractivity (Wildman–Crippen MR) is 200 cm³/mol. The van der Waals surface area contributed by atoms with E-state index >= 15 is 0 Å². The first-order chi connectivity index (χ1) is 24.7. The highest BCUT2D eigenvalue weighted by Crippen LogP contribution is 2.39. The van der Waals surface area contributed by atoms with Crippen LogP contribution in [0.4, 0.5) is 0 Å². The second-order valence-electron chi connectivity index (χ2n) is 12.3. The molecule has 9 aromatic rings. The quantitative estimate of drug-likeness (QED) is 0.193. The first-order valence-electron chi connectivity index (χ1n) is 16.3. The molecule has 0 fully saturated rings. The van der Waals surface area contributed by atoms with Crippen LogP contribution >= 0.6 is 0 Å². The number of benzene rings is 7. The van der Waals surface area contributed by atoms with Gasteiger partial charge in [-0.2, -0.15) is 15.8 Å². The summed E-state index contributed by atoms with van der Waals surface area (Å²) in [6.45, 7) is 0. The molecule has 0 bridgehead atoms. The highest BCUT2D eigenvalue weighted by atomic mass is 15.0.